The van der Waals surface area contributed by atoms with Crippen molar-refractivity contribution in [1.29, 1.82) is 0 Å². The molecule has 106 valence electrons. The maximum Gasteiger partial charge on any atom is 0.325 e. The largest absolute Gasteiger partial charge is 0.363 e. The summed E-state index contributed by atoms with van der Waals surface area (Å²) in [6.45, 7) is 11.2. The highest BCUT2D eigenvalue weighted by Gasteiger charge is 2.31. The van der Waals surface area contributed by atoms with Crippen molar-refractivity contribution in [3.63, 3.8) is 0 Å². The van der Waals surface area contributed by atoms with E-state index in [2.05, 4.69) is 42.6 Å². The zero-order valence-corrected chi connectivity index (χ0v) is 12.0. The zero-order chi connectivity index (χ0) is 14.2. The first-order chi connectivity index (χ1) is 8.79. The van der Waals surface area contributed by atoms with Gasteiger partial charge >= 0.3 is 5.69 Å². The molecule has 0 unspecified atom stereocenters. The molecule has 0 radical (unpaired) electrons. The van der Waals surface area contributed by atoms with Gasteiger partial charge in [0.25, 0.3) is 5.56 Å². The number of H-pyrrole nitrogens is 2. The standard InChI is InChI=1S/C13H22N4O2/c1-9-8-16(5-6-17(9)13(2,3)4)10-7-14-12(19)15-11(10)18/h7,9H,5-6,8H2,1-4H3,(H2,14,15,18,19)/t9-/m1/s1. The number of rotatable bonds is 1. The molecule has 0 bridgehead atoms. The number of nitrogens with one attached hydrogen (secondary N) is 2. The lowest BCUT2D eigenvalue weighted by Gasteiger charge is -2.47. The molecule has 1 aliphatic heterocycles. The smallest absolute Gasteiger partial charge is 0.325 e. The molecule has 6 heteroatoms. The molecule has 19 heavy (non-hydrogen) atoms. The van der Waals surface area contributed by atoms with Crippen LogP contribution in [0, 0.1) is 0 Å². The summed E-state index contributed by atoms with van der Waals surface area (Å²) in [6, 6.07) is 0.361. The van der Waals surface area contributed by atoms with Crippen LogP contribution in [0.4, 0.5) is 5.69 Å². The van der Waals surface area contributed by atoms with Gasteiger partial charge in [-0.1, -0.05) is 0 Å². The van der Waals surface area contributed by atoms with Crippen LogP contribution in [0.5, 0.6) is 0 Å². The van der Waals surface area contributed by atoms with Crippen LogP contribution >= 0.6 is 0 Å². The maximum atomic E-state index is 11.8. The normalized spacial score (nSPS) is 21.7. The Morgan fingerprint density at radius 1 is 1.26 bits per heavy atom. The monoisotopic (exact) mass is 266 g/mol. The summed E-state index contributed by atoms with van der Waals surface area (Å²) in [4.78, 5) is 32.1. The van der Waals surface area contributed by atoms with Crippen LogP contribution in [0.25, 0.3) is 0 Å². The van der Waals surface area contributed by atoms with Crippen LogP contribution in [0.15, 0.2) is 15.8 Å². The van der Waals surface area contributed by atoms with Gasteiger partial charge in [0, 0.05) is 37.4 Å². The summed E-state index contributed by atoms with van der Waals surface area (Å²) in [5.41, 5.74) is -0.113. The van der Waals surface area contributed by atoms with Gasteiger partial charge in [0.2, 0.25) is 0 Å². The molecule has 0 aliphatic carbocycles. The van der Waals surface area contributed by atoms with E-state index in [-0.39, 0.29) is 11.1 Å². The van der Waals surface area contributed by atoms with Crippen LogP contribution in [0.1, 0.15) is 27.7 Å². The topological polar surface area (TPSA) is 72.2 Å². The molecule has 6 nitrogen and oxygen atoms in total. The van der Waals surface area contributed by atoms with E-state index in [0.717, 1.165) is 19.6 Å². The Morgan fingerprint density at radius 3 is 2.47 bits per heavy atom. The second-order valence-electron chi connectivity index (χ2n) is 6.12. The van der Waals surface area contributed by atoms with Gasteiger partial charge in [-0.2, -0.15) is 0 Å². The van der Waals surface area contributed by atoms with Gasteiger partial charge in [0.1, 0.15) is 5.69 Å². The van der Waals surface area contributed by atoms with Crippen LogP contribution in [0.3, 0.4) is 0 Å². The van der Waals surface area contributed by atoms with Crippen LogP contribution < -0.4 is 16.1 Å². The number of aromatic nitrogens is 2. The van der Waals surface area contributed by atoms with E-state index in [1.54, 1.807) is 0 Å². The maximum absolute atomic E-state index is 11.8. The average Bonchev–Trinajstić information content (AvgIpc) is 2.26. The predicted octanol–water partition coefficient (Wildman–Crippen LogP) is 0.372. The van der Waals surface area contributed by atoms with Crippen LogP contribution in [-0.2, 0) is 0 Å². The number of piperazine rings is 1. The molecule has 1 fully saturated rings. The van der Waals surface area contributed by atoms with E-state index >= 15 is 0 Å². The number of hydrogen-bond acceptors (Lipinski definition) is 4. The molecule has 0 aromatic carbocycles. The van der Waals surface area contributed by atoms with Crippen LogP contribution in [0.2, 0.25) is 0 Å². The van der Waals surface area contributed by atoms with Gasteiger partial charge in [-0.25, -0.2) is 4.79 Å². The highest BCUT2D eigenvalue weighted by atomic mass is 16.2. The first-order valence-corrected chi connectivity index (χ1v) is 6.63. The minimum absolute atomic E-state index is 0.128. The van der Waals surface area contributed by atoms with Gasteiger partial charge in [0.05, 0.1) is 0 Å². The summed E-state index contributed by atoms with van der Waals surface area (Å²) in [5, 5.41) is 0. The van der Waals surface area contributed by atoms with E-state index in [1.807, 2.05) is 4.90 Å². The highest BCUT2D eigenvalue weighted by Crippen LogP contribution is 2.22. The van der Waals surface area contributed by atoms with E-state index in [9.17, 15) is 9.59 Å². The van der Waals surface area contributed by atoms with Crippen molar-refractivity contribution in [2.24, 2.45) is 0 Å². The Hall–Kier alpha value is -1.56. The van der Waals surface area contributed by atoms with E-state index in [0.29, 0.717) is 11.7 Å². The molecule has 0 saturated carbocycles. The van der Waals surface area contributed by atoms with Crippen molar-refractivity contribution in [2.45, 2.75) is 39.3 Å². The number of aromatic amines is 2. The second-order valence-corrected chi connectivity index (χ2v) is 6.12. The third kappa shape index (κ3) is 2.89. The molecular formula is C13H22N4O2. The summed E-state index contributed by atoms with van der Waals surface area (Å²) >= 11 is 0. The molecule has 2 heterocycles. The fourth-order valence-corrected chi connectivity index (χ4v) is 2.81. The molecule has 2 rings (SSSR count). The minimum atomic E-state index is -0.463. The molecule has 1 aromatic heterocycles. The van der Waals surface area contributed by atoms with Crippen molar-refractivity contribution in [2.75, 3.05) is 24.5 Å². The third-order valence-electron chi connectivity index (χ3n) is 3.63. The highest BCUT2D eigenvalue weighted by molar-refractivity contribution is 5.42. The summed E-state index contributed by atoms with van der Waals surface area (Å²) in [7, 11) is 0. The van der Waals surface area contributed by atoms with E-state index in [4.69, 9.17) is 0 Å². The SMILES string of the molecule is C[C@@H]1CN(c2c[nH]c(=O)[nH]c2=O)CCN1C(C)(C)C. The van der Waals surface area contributed by atoms with Crippen molar-refractivity contribution >= 4 is 5.69 Å². The lowest BCUT2D eigenvalue weighted by atomic mass is 10.0. The predicted molar refractivity (Wildman–Crippen MR) is 75.8 cm³/mol. The Morgan fingerprint density at radius 2 is 1.95 bits per heavy atom. The Balaban J connectivity index is 2.18. The molecule has 1 aliphatic rings. The summed E-state index contributed by atoms with van der Waals surface area (Å²) in [6.07, 6.45) is 1.50. The van der Waals surface area contributed by atoms with Crippen molar-refractivity contribution in [3.05, 3.63) is 27.0 Å². The van der Waals surface area contributed by atoms with E-state index in [1.165, 1.54) is 6.20 Å². The first kappa shape index (κ1) is 13.9. The van der Waals surface area contributed by atoms with Gasteiger partial charge in [0.15, 0.2) is 0 Å². The second kappa shape index (κ2) is 4.85. The molecule has 1 atom stereocenters. The molecule has 1 aromatic rings. The van der Waals surface area contributed by atoms with Crippen molar-refractivity contribution in [3.8, 4) is 0 Å². The molecule has 0 spiro atoms. The van der Waals surface area contributed by atoms with Gasteiger partial charge in [-0.15, -0.1) is 0 Å². The molecular weight excluding hydrogens is 244 g/mol. The lowest BCUT2D eigenvalue weighted by Crippen LogP contribution is -2.59. The molecule has 1 saturated heterocycles. The molecule has 0 amide bonds. The van der Waals surface area contributed by atoms with Gasteiger partial charge in [-0.3, -0.25) is 14.7 Å². The summed E-state index contributed by atoms with van der Waals surface area (Å²) in [5.74, 6) is 0. The van der Waals surface area contributed by atoms with Gasteiger partial charge < -0.3 is 9.88 Å². The fourth-order valence-electron chi connectivity index (χ4n) is 2.81. The number of hydrogen-bond donors (Lipinski definition) is 2. The van der Waals surface area contributed by atoms with E-state index < -0.39 is 5.69 Å². The zero-order valence-electron chi connectivity index (χ0n) is 12.0. The van der Waals surface area contributed by atoms with Crippen LogP contribution in [-0.4, -0.2) is 46.1 Å². The Labute approximate surface area is 112 Å². The Kier molecular flexibility index (Phi) is 3.54. The fraction of sp³-hybridized carbons (Fsp3) is 0.692. The average molecular weight is 266 g/mol. The Bertz CT molecular complexity index is 555. The van der Waals surface area contributed by atoms with Gasteiger partial charge in [-0.05, 0) is 27.7 Å². The summed E-state index contributed by atoms with van der Waals surface area (Å²) < 4.78 is 0. The minimum Gasteiger partial charge on any atom is -0.363 e. The molecule has 2 N–H and O–H groups in total. The van der Waals surface area contributed by atoms with Crippen molar-refractivity contribution in [1.82, 2.24) is 14.9 Å². The lowest BCUT2D eigenvalue weighted by molar-refractivity contribution is 0.0798. The van der Waals surface area contributed by atoms with Crippen molar-refractivity contribution < 1.29 is 0 Å². The first-order valence-electron chi connectivity index (χ1n) is 6.63. The number of anilines is 1. The number of nitrogens with zero attached hydrogens (tertiary/aromatic N) is 2. The third-order valence-corrected chi connectivity index (χ3v) is 3.63. The quantitative estimate of drug-likeness (QED) is 0.770.